The summed E-state index contributed by atoms with van der Waals surface area (Å²) in [7, 11) is 1.30. The predicted molar refractivity (Wildman–Crippen MR) is 82.7 cm³/mol. The monoisotopic (exact) mass is 344 g/mol. The Labute approximate surface area is 131 Å². The molecule has 0 N–H and O–H groups in total. The van der Waals surface area contributed by atoms with Gasteiger partial charge in [-0.05, 0) is 11.1 Å². The third kappa shape index (κ3) is 1.94. The van der Waals surface area contributed by atoms with Crippen molar-refractivity contribution in [2.45, 2.75) is 10.2 Å². The Morgan fingerprint density at radius 3 is 2.38 bits per heavy atom. The van der Waals surface area contributed by atoms with Crippen LogP contribution in [-0.2, 0) is 9.53 Å². The highest BCUT2D eigenvalue weighted by Crippen LogP contribution is 2.50. The zero-order valence-electron chi connectivity index (χ0n) is 11.4. The molecule has 0 saturated carbocycles. The van der Waals surface area contributed by atoms with Crippen LogP contribution in [0.2, 0.25) is 0 Å². The minimum absolute atomic E-state index is 0.251. The van der Waals surface area contributed by atoms with Crippen molar-refractivity contribution in [1.29, 1.82) is 0 Å². The van der Waals surface area contributed by atoms with Crippen molar-refractivity contribution >= 4 is 27.7 Å². The lowest BCUT2D eigenvalue weighted by Crippen LogP contribution is -2.42. The second kappa shape index (κ2) is 5.11. The first-order valence-electron chi connectivity index (χ1n) is 6.56. The van der Waals surface area contributed by atoms with Gasteiger partial charge in [0.15, 0.2) is 10.1 Å². The highest BCUT2D eigenvalue weighted by Gasteiger charge is 2.58. The molecule has 0 fully saturated rings. The van der Waals surface area contributed by atoms with Gasteiger partial charge in [0.2, 0.25) is 0 Å². The maximum absolute atomic E-state index is 12.8. The Bertz CT molecular complexity index is 711. The molecule has 0 bridgehead atoms. The largest absolute Gasteiger partial charge is 0.468 e. The molecule has 0 saturated heterocycles. The SMILES string of the molecule is COC(=O)[C@@]1(Br)C(=O)c2ccccc2[C@H]1c1ccccc1. The molecule has 21 heavy (non-hydrogen) atoms. The summed E-state index contributed by atoms with van der Waals surface area (Å²) in [6.07, 6.45) is 0. The van der Waals surface area contributed by atoms with Crippen LogP contribution in [-0.4, -0.2) is 23.2 Å². The highest BCUT2D eigenvalue weighted by molar-refractivity contribution is 9.10. The van der Waals surface area contributed by atoms with E-state index in [1.165, 1.54) is 7.11 Å². The molecule has 0 radical (unpaired) electrons. The standard InChI is InChI=1S/C17H13BrO3/c1-21-16(20)17(18)14(11-7-3-2-4-8-11)12-9-5-6-10-13(12)15(17)19/h2-10,14H,1H3/t14-,17+/m1/s1. The lowest BCUT2D eigenvalue weighted by molar-refractivity contribution is -0.142. The van der Waals surface area contributed by atoms with Crippen LogP contribution in [0.25, 0.3) is 0 Å². The normalized spacial score (nSPS) is 23.7. The zero-order valence-corrected chi connectivity index (χ0v) is 13.0. The van der Waals surface area contributed by atoms with Gasteiger partial charge in [-0.25, -0.2) is 0 Å². The summed E-state index contributed by atoms with van der Waals surface area (Å²) in [6, 6.07) is 16.8. The van der Waals surface area contributed by atoms with E-state index < -0.39 is 16.2 Å². The summed E-state index contributed by atoms with van der Waals surface area (Å²) >= 11 is 3.40. The number of fused-ring (bicyclic) bond motifs is 1. The molecule has 3 nitrogen and oxygen atoms in total. The number of alkyl halides is 1. The molecule has 4 heteroatoms. The smallest absolute Gasteiger partial charge is 0.331 e. The van der Waals surface area contributed by atoms with E-state index >= 15 is 0 Å². The fraction of sp³-hybridized carbons (Fsp3) is 0.176. The average Bonchev–Trinajstić information content (AvgIpc) is 2.77. The lowest BCUT2D eigenvalue weighted by atomic mass is 9.85. The Balaban J connectivity index is 2.26. The molecule has 2 aromatic rings. The quantitative estimate of drug-likeness (QED) is 0.476. The van der Waals surface area contributed by atoms with Crippen LogP contribution in [0.4, 0.5) is 0 Å². The van der Waals surface area contributed by atoms with Gasteiger partial charge in [-0.15, -0.1) is 0 Å². The second-order valence-electron chi connectivity index (χ2n) is 4.96. The Hall–Kier alpha value is -1.94. The molecular weight excluding hydrogens is 332 g/mol. The fourth-order valence-electron chi connectivity index (χ4n) is 2.91. The zero-order chi connectivity index (χ0) is 15.0. The van der Waals surface area contributed by atoms with Gasteiger partial charge in [-0.1, -0.05) is 70.5 Å². The van der Waals surface area contributed by atoms with E-state index in [0.717, 1.165) is 11.1 Å². The number of ether oxygens (including phenoxy) is 1. The van der Waals surface area contributed by atoms with Crippen molar-refractivity contribution in [3.8, 4) is 0 Å². The maximum atomic E-state index is 12.8. The number of rotatable bonds is 2. The van der Waals surface area contributed by atoms with Gasteiger partial charge in [0.1, 0.15) is 0 Å². The van der Waals surface area contributed by atoms with Crippen molar-refractivity contribution in [3.05, 3.63) is 71.3 Å². The van der Waals surface area contributed by atoms with Crippen molar-refractivity contribution < 1.29 is 14.3 Å². The molecule has 106 valence electrons. The van der Waals surface area contributed by atoms with Gasteiger partial charge in [-0.3, -0.25) is 9.59 Å². The third-order valence-corrected chi connectivity index (χ3v) is 5.00. The van der Waals surface area contributed by atoms with E-state index in [0.29, 0.717) is 5.56 Å². The van der Waals surface area contributed by atoms with Crippen LogP contribution in [0.1, 0.15) is 27.4 Å². The average molecular weight is 345 g/mol. The summed E-state index contributed by atoms with van der Waals surface area (Å²) in [5.41, 5.74) is 2.31. The first-order valence-corrected chi connectivity index (χ1v) is 7.36. The van der Waals surface area contributed by atoms with Gasteiger partial charge in [-0.2, -0.15) is 0 Å². The van der Waals surface area contributed by atoms with E-state index in [4.69, 9.17) is 4.74 Å². The number of carbonyl (C=O) groups is 2. The first kappa shape index (κ1) is 14.0. The first-order chi connectivity index (χ1) is 10.1. The number of methoxy groups -OCH3 is 1. The molecule has 0 aliphatic heterocycles. The molecule has 0 spiro atoms. The van der Waals surface area contributed by atoms with Crippen LogP contribution < -0.4 is 0 Å². The molecule has 0 unspecified atom stereocenters. The number of Topliss-reactive ketones (excluding diaryl/α,β-unsaturated/α-hetero) is 1. The molecule has 3 rings (SSSR count). The lowest BCUT2D eigenvalue weighted by Gasteiger charge is -2.26. The van der Waals surface area contributed by atoms with E-state index in [1.807, 2.05) is 42.5 Å². The topological polar surface area (TPSA) is 43.4 Å². The molecule has 1 aliphatic carbocycles. The Kier molecular flexibility index (Phi) is 3.41. The fourth-order valence-corrected chi connectivity index (χ4v) is 3.80. The van der Waals surface area contributed by atoms with E-state index in [1.54, 1.807) is 12.1 Å². The summed E-state index contributed by atoms with van der Waals surface area (Å²) in [6.45, 7) is 0. The van der Waals surface area contributed by atoms with E-state index in [-0.39, 0.29) is 5.78 Å². The molecule has 1 aliphatic rings. The van der Waals surface area contributed by atoms with Gasteiger partial charge in [0.25, 0.3) is 0 Å². The van der Waals surface area contributed by atoms with Crippen molar-refractivity contribution in [2.75, 3.05) is 7.11 Å². The minimum Gasteiger partial charge on any atom is -0.468 e. The second-order valence-corrected chi connectivity index (χ2v) is 6.21. The number of hydrogen-bond donors (Lipinski definition) is 0. The van der Waals surface area contributed by atoms with Gasteiger partial charge in [0.05, 0.1) is 7.11 Å². The number of carbonyl (C=O) groups excluding carboxylic acids is 2. The number of hydrogen-bond acceptors (Lipinski definition) is 3. The maximum Gasteiger partial charge on any atom is 0.331 e. The van der Waals surface area contributed by atoms with Crippen LogP contribution in [0.15, 0.2) is 54.6 Å². The van der Waals surface area contributed by atoms with Crippen molar-refractivity contribution in [1.82, 2.24) is 0 Å². The molecule has 0 heterocycles. The van der Waals surface area contributed by atoms with Crippen LogP contribution >= 0.6 is 15.9 Å². The van der Waals surface area contributed by atoms with Crippen molar-refractivity contribution in [2.24, 2.45) is 0 Å². The van der Waals surface area contributed by atoms with Gasteiger partial charge in [0, 0.05) is 11.5 Å². The summed E-state index contributed by atoms with van der Waals surface area (Å²) in [4.78, 5) is 25.1. The number of benzene rings is 2. The summed E-state index contributed by atoms with van der Waals surface area (Å²) in [5.74, 6) is -1.22. The molecule has 0 aromatic heterocycles. The molecule has 2 atom stereocenters. The van der Waals surface area contributed by atoms with Crippen LogP contribution in [0.3, 0.4) is 0 Å². The van der Waals surface area contributed by atoms with Crippen LogP contribution in [0.5, 0.6) is 0 Å². The van der Waals surface area contributed by atoms with Crippen molar-refractivity contribution in [3.63, 3.8) is 0 Å². The van der Waals surface area contributed by atoms with E-state index in [9.17, 15) is 9.59 Å². The molecule has 2 aromatic carbocycles. The molecule has 0 amide bonds. The predicted octanol–water partition coefficient (Wildman–Crippen LogP) is 3.32. The molecular formula is C17H13BrO3. The Morgan fingerprint density at radius 1 is 1.10 bits per heavy atom. The van der Waals surface area contributed by atoms with Gasteiger partial charge >= 0.3 is 5.97 Å². The summed E-state index contributed by atoms with van der Waals surface area (Å²) in [5, 5.41) is 0. The summed E-state index contributed by atoms with van der Waals surface area (Å²) < 4.78 is 3.49. The highest BCUT2D eigenvalue weighted by atomic mass is 79.9. The van der Waals surface area contributed by atoms with Gasteiger partial charge < -0.3 is 4.74 Å². The van der Waals surface area contributed by atoms with E-state index in [2.05, 4.69) is 15.9 Å². The number of esters is 1. The third-order valence-electron chi connectivity index (χ3n) is 3.86. The number of halogens is 1. The minimum atomic E-state index is -1.40. The number of ketones is 1. The Morgan fingerprint density at radius 2 is 1.71 bits per heavy atom. The van der Waals surface area contributed by atoms with Crippen LogP contribution in [0, 0.1) is 0 Å².